The van der Waals surface area contributed by atoms with E-state index in [9.17, 15) is 35.6 Å². The Hall–Kier alpha value is -4.44. The zero-order chi connectivity index (χ0) is 33.2. The van der Waals surface area contributed by atoms with Crippen LogP contribution in [0.15, 0.2) is 60.1 Å². The molecule has 1 fully saturated rings. The number of sulfonamides is 1. The maximum Gasteiger partial charge on any atom is 0.471 e. The van der Waals surface area contributed by atoms with E-state index in [1.807, 2.05) is 4.57 Å². The number of methoxy groups -OCH3 is 1. The van der Waals surface area contributed by atoms with E-state index in [1.54, 1.807) is 48.8 Å². The topological polar surface area (TPSA) is 128 Å². The first-order chi connectivity index (χ1) is 21.8. The minimum absolute atomic E-state index is 0.181. The maximum atomic E-state index is 14.8. The van der Waals surface area contributed by atoms with Crippen LogP contribution < -0.4 is 10.0 Å². The van der Waals surface area contributed by atoms with Crippen LogP contribution in [0, 0.1) is 5.82 Å². The number of benzene rings is 2. The fourth-order valence-corrected chi connectivity index (χ4v) is 6.62. The van der Waals surface area contributed by atoms with Gasteiger partial charge in [-0.2, -0.15) is 21.6 Å². The molecule has 2 amide bonds. The molecule has 0 spiro atoms. The highest BCUT2D eigenvalue weighted by atomic mass is 32.2. The molecule has 4 aromatic rings. The molecule has 11 nitrogen and oxygen atoms in total. The van der Waals surface area contributed by atoms with E-state index >= 15 is 0 Å². The highest BCUT2D eigenvalue weighted by Crippen LogP contribution is 2.35. The van der Waals surface area contributed by atoms with Crippen molar-refractivity contribution >= 4 is 38.4 Å². The number of likely N-dealkylation sites (tertiary alicyclic amines) is 1. The number of piperidine rings is 1. The molecule has 46 heavy (non-hydrogen) atoms. The van der Waals surface area contributed by atoms with Gasteiger partial charge in [-0.25, -0.2) is 9.37 Å². The Labute approximate surface area is 262 Å². The van der Waals surface area contributed by atoms with Crippen molar-refractivity contribution in [1.29, 1.82) is 0 Å². The Morgan fingerprint density at radius 3 is 2.50 bits per heavy atom. The zero-order valence-electron chi connectivity index (χ0n) is 25.0. The molecule has 0 radical (unpaired) electrons. The number of nitrogens with one attached hydrogen (secondary N) is 2. The van der Waals surface area contributed by atoms with Crippen LogP contribution in [-0.4, -0.2) is 72.2 Å². The summed E-state index contributed by atoms with van der Waals surface area (Å²) >= 11 is 0. The summed E-state index contributed by atoms with van der Waals surface area (Å²) in [6.45, 7) is 0.840. The minimum Gasteiger partial charge on any atom is -0.383 e. The normalized spacial score (nSPS) is 14.5. The molecule has 246 valence electrons. The standard InChI is InChI=1S/C30H32F4N6O5S/c1-38-17-26(36-18-38)46(43,44)37-24-4-3-5-25-27(24)22(16-40(25)12-13-45-2)28(41)39-10-8-20(9-11-39)21-14-19(6-7-23(21)31)15-35-29(42)30(32,33)34/h3-7,14,16-18,20,37H,8-13,15H2,1-2H3,(H,35,42). The van der Waals surface area contributed by atoms with E-state index in [0.29, 0.717) is 48.0 Å². The largest absolute Gasteiger partial charge is 0.471 e. The van der Waals surface area contributed by atoms with E-state index in [2.05, 4.69) is 9.71 Å². The molecule has 0 atom stereocenters. The number of fused-ring (bicyclic) bond motifs is 1. The second-order valence-electron chi connectivity index (χ2n) is 11.0. The molecule has 3 heterocycles. The molecule has 0 aliphatic carbocycles. The smallest absolute Gasteiger partial charge is 0.383 e. The molecule has 0 bridgehead atoms. The van der Waals surface area contributed by atoms with Crippen LogP contribution in [0.25, 0.3) is 10.9 Å². The van der Waals surface area contributed by atoms with Gasteiger partial charge >= 0.3 is 12.1 Å². The van der Waals surface area contributed by atoms with Crippen LogP contribution in [0.2, 0.25) is 0 Å². The van der Waals surface area contributed by atoms with Gasteiger partial charge in [-0.05, 0) is 48.1 Å². The van der Waals surface area contributed by atoms with Crippen molar-refractivity contribution in [3.8, 4) is 0 Å². The summed E-state index contributed by atoms with van der Waals surface area (Å²) in [5.41, 5.74) is 1.71. The fourth-order valence-electron chi connectivity index (χ4n) is 5.56. The number of nitrogens with zero attached hydrogens (tertiary/aromatic N) is 4. The van der Waals surface area contributed by atoms with Gasteiger partial charge in [-0.1, -0.05) is 18.2 Å². The van der Waals surface area contributed by atoms with E-state index in [0.717, 1.165) is 6.07 Å². The number of anilines is 1. The number of carbonyl (C=O) groups excluding carboxylic acids is 2. The second-order valence-corrected chi connectivity index (χ2v) is 12.6. The molecular formula is C30H32F4N6O5S. The number of rotatable bonds is 10. The van der Waals surface area contributed by atoms with Crippen molar-refractivity contribution in [2.24, 2.45) is 7.05 Å². The van der Waals surface area contributed by atoms with E-state index in [-0.39, 0.29) is 41.2 Å². The van der Waals surface area contributed by atoms with Gasteiger partial charge in [0.05, 0.1) is 29.7 Å². The Bertz CT molecular complexity index is 1860. The van der Waals surface area contributed by atoms with Gasteiger partial charge in [0, 0.05) is 58.1 Å². The molecule has 1 saturated heterocycles. The number of carbonyl (C=O) groups is 2. The zero-order valence-corrected chi connectivity index (χ0v) is 25.8. The van der Waals surface area contributed by atoms with Gasteiger partial charge in [-0.3, -0.25) is 14.3 Å². The van der Waals surface area contributed by atoms with Crippen LogP contribution in [-0.2, 0) is 39.7 Å². The van der Waals surface area contributed by atoms with E-state index in [4.69, 9.17) is 4.74 Å². The number of halogens is 4. The second kappa shape index (κ2) is 13.1. The molecule has 5 rings (SSSR count). The van der Waals surface area contributed by atoms with Crippen molar-refractivity contribution in [3.63, 3.8) is 0 Å². The first-order valence-corrected chi connectivity index (χ1v) is 15.8. The quantitative estimate of drug-likeness (QED) is 0.245. The van der Waals surface area contributed by atoms with Gasteiger partial charge in [-0.15, -0.1) is 0 Å². The number of amides is 2. The lowest BCUT2D eigenvalue weighted by Crippen LogP contribution is -2.38. The summed E-state index contributed by atoms with van der Waals surface area (Å²) in [6, 6.07) is 8.94. The number of aromatic nitrogens is 3. The molecule has 0 saturated carbocycles. The van der Waals surface area contributed by atoms with Gasteiger partial charge in [0.2, 0.25) is 0 Å². The maximum absolute atomic E-state index is 14.8. The lowest BCUT2D eigenvalue weighted by molar-refractivity contribution is -0.173. The van der Waals surface area contributed by atoms with Crippen molar-refractivity contribution in [2.45, 2.75) is 43.1 Å². The Morgan fingerprint density at radius 2 is 1.85 bits per heavy atom. The first-order valence-electron chi connectivity index (χ1n) is 14.3. The monoisotopic (exact) mass is 664 g/mol. The molecule has 2 aromatic carbocycles. The lowest BCUT2D eigenvalue weighted by atomic mass is 9.88. The Balaban J connectivity index is 1.37. The first kappa shape index (κ1) is 32.9. The van der Waals surface area contributed by atoms with E-state index in [1.165, 1.54) is 29.2 Å². The van der Waals surface area contributed by atoms with Crippen LogP contribution in [0.4, 0.5) is 23.2 Å². The summed E-state index contributed by atoms with van der Waals surface area (Å²) in [4.78, 5) is 30.7. The third-order valence-corrected chi connectivity index (χ3v) is 9.12. The van der Waals surface area contributed by atoms with Crippen LogP contribution >= 0.6 is 0 Å². The molecule has 16 heteroatoms. The van der Waals surface area contributed by atoms with Gasteiger partial charge < -0.3 is 24.1 Å². The predicted octanol–water partition coefficient (Wildman–Crippen LogP) is 4.16. The molecule has 1 aliphatic heterocycles. The number of hydrogen-bond acceptors (Lipinski definition) is 6. The average Bonchev–Trinajstić information content (AvgIpc) is 3.63. The van der Waals surface area contributed by atoms with Crippen LogP contribution in [0.5, 0.6) is 0 Å². The van der Waals surface area contributed by atoms with Crippen LogP contribution in [0.1, 0.15) is 40.2 Å². The number of imidazole rings is 1. The lowest BCUT2D eigenvalue weighted by Gasteiger charge is -2.32. The number of aryl methyl sites for hydroxylation is 1. The van der Waals surface area contributed by atoms with Crippen LogP contribution in [0.3, 0.4) is 0 Å². The Morgan fingerprint density at radius 1 is 1.11 bits per heavy atom. The predicted molar refractivity (Wildman–Crippen MR) is 160 cm³/mol. The molecule has 0 unspecified atom stereocenters. The summed E-state index contributed by atoms with van der Waals surface area (Å²) in [5.74, 6) is -3.26. The number of alkyl halides is 3. The highest BCUT2D eigenvalue weighted by molar-refractivity contribution is 7.92. The molecule has 2 aromatic heterocycles. The molecule has 2 N–H and O–H groups in total. The fraction of sp³-hybridized carbons (Fsp3) is 0.367. The summed E-state index contributed by atoms with van der Waals surface area (Å²) in [6.07, 6.45) is 0.116. The van der Waals surface area contributed by atoms with E-state index < -0.39 is 34.5 Å². The number of ether oxygens (including phenoxy) is 1. The summed E-state index contributed by atoms with van der Waals surface area (Å²) in [5, 5.41) is 2.02. The van der Waals surface area contributed by atoms with Crippen molar-refractivity contribution < 1.29 is 40.3 Å². The average molecular weight is 665 g/mol. The van der Waals surface area contributed by atoms with Gasteiger partial charge in [0.25, 0.3) is 15.9 Å². The van der Waals surface area contributed by atoms with Gasteiger partial charge in [0.1, 0.15) is 5.82 Å². The van der Waals surface area contributed by atoms with Crippen molar-refractivity contribution in [1.82, 2.24) is 24.3 Å². The molecule has 1 aliphatic rings. The summed E-state index contributed by atoms with van der Waals surface area (Å²) in [7, 11) is -0.884. The minimum atomic E-state index is -5.03. The Kier molecular flexibility index (Phi) is 9.39. The molecular weight excluding hydrogens is 632 g/mol. The third kappa shape index (κ3) is 7.02. The van der Waals surface area contributed by atoms with Gasteiger partial charge in [0.15, 0.2) is 5.03 Å². The van der Waals surface area contributed by atoms with Crippen molar-refractivity contribution in [2.75, 3.05) is 31.5 Å². The number of hydrogen-bond donors (Lipinski definition) is 2. The third-order valence-electron chi connectivity index (χ3n) is 7.87. The van der Waals surface area contributed by atoms with Crippen molar-refractivity contribution in [3.05, 3.63) is 77.6 Å². The summed E-state index contributed by atoms with van der Waals surface area (Å²) < 4.78 is 90.0. The highest BCUT2D eigenvalue weighted by Gasteiger charge is 2.38. The SMILES string of the molecule is COCCn1cc(C(=O)N2CCC(c3cc(CNC(=O)C(F)(F)F)ccc3F)CC2)c2c(NS(=O)(=O)c3cn(C)cn3)cccc21.